The quantitative estimate of drug-likeness (QED) is 0.420. The van der Waals surface area contributed by atoms with Crippen molar-refractivity contribution in [1.82, 2.24) is 15.1 Å². The molecule has 0 radical (unpaired) electrons. The molecule has 11 heteroatoms. The summed E-state index contributed by atoms with van der Waals surface area (Å²) in [5.74, 6) is 0.257. The number of likely N-dealkylation sites (tertiary alicyclic amines) is 2. The molecule has 0 aliphatic carbocycles. The smallest absolute Gasteiger partial charge is 0.410 e. The first-order valence-corrected chi connectivity index (χ1v) is 15.1. The van der Waals surface area contributed by atoms with E-state index in [-0.39, 0.29) is 37.0 Å². The summed E-state index contributed by atoms with van der Waals surface area (Å²) in [6.45, 7) is 8.00. The number of piperidine rings is 2. The van der Waals surface area contributed by atoms with Crippen LogP contribution in [-0.4, -0.2) is 83.4 Å². The second-order valence-corrected chi connectivity index (χ2v) is 12.7. The fourth-order valence-corrected chi connectivity index (χ4v) is 5.83. The van der Waals surface area contributed by atoms with Crippen LogP contribution in [0.2, 0.25) is 0 Å². The lowest BCUT2D eigenvalue weighted by molar-refractivity contribution is -0.138. The van der Waals surface area contributed by atoms with Gasteiger partial charge in [-0.2, -0.15) is 0 Å². The lowest BCUT2D eigenvalue weighted by Crippen LogP contribution is -2.48. The van der Waals surface area contributed by atoms with Crippen LogP contribution in [-0.2, 0) is 25.5 Å². The summed E-state index contributed by atoms with van der Waals surface area (Å²) in [5, 5.41) is 12.4. The molecule has 1 aromatic carbocycles. The Balaban J connectivity index is 1.21. The zero-order chi connectivity index (χ0) is 30.3. The van der Waals surface area contributed by atoms with Gasteiger partial charge in [-0.25, -0.2) is 4.79 Å². The predicted molar refractivity (Wildman–Crippen MR) is 154 cm³/mol. The molecule has 2 saturated heterocycles. The monoisotopic (exact) mass is 587 g/mol. The van der Waals surface area contributed by atoms with Crippen LogP contribution < -0.4 is 14.8 Å². The lowest BCUT2D eigenvalue weighted by Gasteiger charge is -2.35. The fraction of sp³-hybridized carbons (Fsp3) is 0.677. The molecule has 42 heavy (non-hydrogen) atoms. The first-order chi connectivity index (χ1) is 20.0. The van der Waals surface area contributed by atoms with Crippen LogP contribution in [0.5, 0.6) is 11.5 Å². The van der Waals surface area contributed by atoms with Crippen LogP contribution in [0.1, 0.15) is 77.7 Å². The maximum absolute atomic E-state index is 13.2. The number of hydrogen-bond donors (Lipinski definition) is 2. The number of ether oxygens (including phenoxy) is 3. The minimum absolute atomic E-state index is 0.0481. The Bertz CT molecular complexity index is 1130. The second-order valence-electron chi connectivity index (χ2n) is 12.7. The first-order valence-electron chi connectivity index (χ1n) is 15.1. The molecular weight excluding hydrogens is 542 g/mol. The Morgan fingerprint density at radius 3 is 2.50 bits per heavy atom. The van der Waals surface area contributed by atoms with Crippen molar-refractivity contribution in [2.75, 3.05) is 33.0 Å². The Morgan fingerprint density at radius 1 is 1.05 bits per heavy atom. The van der Waals surface area contributed by atoms with E-state index in [4.69, 9.17) is 14.2 Å². The SMILES string of the molecule is CC(C)(C)OC(=O)N1CCC(CCC(=O)N2CCC[C@@H](C(=O)N[C@H](CCc3ccc4c(c3)OCO4)CC(=O)O)C2)CC1. The van der Waals surface area contributed by atoms with Crippen molar-refractivity contribution in [1.29, 1.82) is 0 Å². The molecule has 0 saturated carbocycles. The number of nitrogens with one attached hydrogen (secondary N) is 1. The number of nitrogens with zero attached hydrogens (tertiary/aromatic N) is 2. The number of carbonyl (C=O) groups is 4. The van der Waals surface area contributed by atoms with E-state index in [0.717, 1.165) is 31.2 Å². The number of amides is 3. The normalized spacial score (nSPS) is 19.7. The molecule has 3 amide bonds. The summed E-state index contributed by atoms with van der Waals surface area (Å²) in [6, 6.07) is 5.13. The summed E-state index contributed by atoms with van der Waals surface area (Å²) in [6.07, 6.45) is 4.87. The number of carboxylic acids is 1. The maximum Gasteiger partial charge on any atom is 0.410 e. The standard InChI is InChI=1S/C31H45N3O8/c1-31(2,3)42-30(39)33-15-12-21(13-16-33)8-11-27(35)34-14-4-5-23(19-34)29(38)32-24(18-28(36)37)9-6-22-7-10-25-26(17-22)41-20-40-25/h7,10,17,21,23-24H,4-6,8-9,11-16,18-20H2,1-3H3,(H,32,38)(H,36,37)/t23-,24-/m1/s1. The van der Waals surface area contributed by atoms with Crippen molar-refractivity contribution < 1.29 is 38.5 Å². The van der Waals surface area contributed by atoms with Crippen molar-refractivity contribution >= 4 is 23.9 Å². The average molecular weight is 588 g/mol. The predicted octanol–water partition coefficient (Wildman–Crippen LogP) is 3.97. The zero-order valence-corrected chi connectivity index (χ0v) is 25.1. The number of rotatable bonds is 10. The minimum Gasteiger partial charge on any atom is -0.481 e. The first kappa shape index (κ1) is 31.4. The van der Waals surface area contributed by atoms with Gasteiger partial charge in [-0.15, -0.1) is 0 Å². The number of carboxylic acid groups (broad SMARTS) is 1. The Kier molecular flexibility index (Phi) is 10.6. The number of benzene rings is 1. The van der Waals surface area contributed by atoms with E-state index >= 15 is 0 Å². The van der Waals surface area contributed by atoms with Crippen molar-refractivity contribution in [3.05, 3.63) is 23.8 Å². The largest absolute Gasteiger partial charge is 0.481 e. The molecule has 1 aromatic rings. The number of fused-ring (bicyclic) bond motifs is 1. The zero-order valence-electron chi connectivity index (χ0n) is 25.1. The van der Waals surface area contributed by atoms with E-state index in [1.54, 1.807) is 9.80 Å². The van der Waals surface area contributed by atoms with Crippen LogP contribution in [0, 0.1) is 11.8 Å². The third-order valence-corrected chi connectivity index (χ3v) is 8.16. The van der Waals surface area contributed by atoms with Crippen LogP contribution in [0.4, 0.5) is 4.79 Å². The summed E-state index contributed by atoms with van der Waals surface area (Å²) < 4.78 is 16.2. The number of hydrogen-bond acceptors (Lipinski definition) is 7. The molecule has 0 bridgehead atoms. The lowest BCUT2D eigenvalue weighted by atomic mass is 9.91. The van der Waals surface area contributed by atoms with Crippen molar-refractivity contribution in [3.8, 4) is 11.5 Å². The van der Waals surface area contributed by atoms with E-state index < -0.39 is 17.6 Å². The average Bonchev–Trinajstić information content (AvgIpc) is 3.42. The second kappa shape index (κ2) is 14.1. The van der Waals surface area contributed by atoms with Gasteiger partial charge >= 0.3 is 12.1 Å². The molecule has 3 heterocycles. The number of aryl methyl sites for hydroxylation is 1. The van der Waals surface area contributed by atoms with E-state index in [9.17, 15) is 24.3 Å². The molecule has 2 fully saturated rings. The highest BCUT2D eigenvalue weighted by atomic mass is 16.7. The van der Waals surface area contributed by atoms with Gasteiger partial charge in [-0.1, -0.05) is 6.07 Å². The van der Waals surface area contributed by atoms with Gasteiger partial charge < -0.3 is 34.4 Å². The van der Waals surface area contributed by atoms with Gasteiger partial charge in [0.1, 0.15) is 5.60 Å². The van der Waals surface area contributed by atoms with Gasteiger partial charge in [0.25, 0.3) is 0 Å². The van der Waals surface area contributed by atoms with Crippen LogP contribution in [0.25, 0.3) is 0 Å². The van der Waals surface area contributed by atoms with Crippen LogP contribution >= 0.6 is 0 Å². The molecule has 0 spiro atoms. The Hall–Kier alpha value is -3.50. The van der Waals surface area contributed by atoms with Gasteiger partial charge in [0, 0.05) is 38.6 Å². The minimum atomic E-state index is -0.969. The topological polar surface area (TPSA) is 135 Å². The molecule has 0 unspecified atom stereocenters. The highest BCUT2D eigenvalue weighted by molar-refractivity contribution is 5.82. The Labute approximate surface area is 247 Å². The maximum atomic E-state index is 13.2. The van der Waals surface area contributed by atoms with Crippen LogP contribution in [0.3, 0.4) is 0 Å². The molecule has 2 atom stereocenters. The summed E-state index contributed by atoms with van der Waals surface area (Å²) >= 11 is 0. The van der Waals surface area contributed by atoms with E-state index in [1.165, 1.54) is 0 Å². The highest BCUT2D eigenvalue weighted by Crippen LogP contribution is 2.33. The molecule has 0 aromatic heterocycles. The third kappa shape index (κ3) is 9.25. The fourth-order valence-electron chi connectivity index (χ4n) is 5.83. The van der Waals surface area contributed by atoms with Gasteiger partial charge in [0.05, 0.1) is 12.3 Å². The Morgan fingerprint density at radius 2 is 1.79 bits per heavy atom. The van der Waals surface area contributed by atoms with Gasteiger partial charge in [0.2, 0.25) is 18.6 Å². The molecule has 3 aliphatic rings. The molecule has 11 nitrogen and oxygen atoms in total. The molecular formula is C31H45N3O8. The van der Waals surface area contributed by atoms with Gasteiger partial charge in [0.15, 0.2) is 11.5 Å². The molecule has 2 N–H and O–H groups in total. The van der Waals surface area contributed by atoms with Crippen molar-refractivity contribution in [2.45, 2.75) is 90.2 Å². The molecule has 4 rings (SSSR count). The summed E-state index contributed by atoms with van der Waals surface area (Å²) in [4.78, 5) is 53.6. The number of aliphatic carboxylic acids is 1. The summed E-state index contributed by atoms with van der Waals surface area (Å²) in [7, 11) is 0. The number of carbonyl (C=O) groups excluding carboxylic acids is 3. The molecule has 3 aliphatic heterocycles. The van der Waals surface area contributed by atoms with Crippen molar-refractivity contribution in [3.63, 3.8) is 0 Å². The van der Waals surface area contributed by atoms with Crippen LogP contribution in [0.15, 0.2) is 18.2 Å². The van der Waals surface area contributed by atoms with E-state index in [1.807, 2.05) is 39.0 Å². The van der Waals surface area contributed by atoms with E-state index in [0.29, 0.717) is 69.3 Å². The van der Waals surface area contributed by atoms with Gasteiger partial charge in [-0.3, -0.25) is 14.4 Å². The van der Waals surface area contributed by atoms with E-state index in [2.05, 4.69) is 5.32 Å². The third-order valence-electron chi connectivity index (χ3n) is 8.16. The van der Waals surface area contributed by atoms with Gasteiger partial charge in [-0.05, 0) is 89.3 Å². The highest BCUT2D eigenvalue weighted by Gasteiger charge is 2.31. The summed E-state index contributed by atoms with van der Waals surface area (Å²) in [5.41, 5.74) is 0.461. The van der Waals surface area contributed by atoms with Crippen molar-refractivity contribution in [2.24, 2.45) is 11.8 Å². The molecule has 232 valence electrons.